The molecule has 2 nitrogen and oxygen atoms in total. The predicted octanol–water partition coefficient (Wildman–Crippen LogP) is 1.57. The molecule has 1 aromatic rings. The van der Waals surface area contributed by atoms with Crippen molar-refractivity contribution in [2.24, 2.45) is 0 Å². The Labute approximate surface area is 92.1 Å². The molecule has 1 aliphatic rings. The van der Waals surface area contributed by atoms with Crippen LogP contribution in [0.5, 0.6) is 0 Å². The standard InChI is InChI=1S/C13H20N2/c1-13(2)10-14-9-12(15-13)8-11-6-4-3-5-7-11/h3-7,12,14-15H,8-10H2,1-2H3/t12-/m1/s1. The molecule has 15 heavy (non-hydrogen) atoms. The highest BCUT2D eigenvalue weighted by Crippen LogP contribution is 2.10. The van der Waals surface area contributed by atoms with E-state index in [1.54, 1.807) is 0 Å². The molecule has 1 aromatic carbocycles. The van der Waals surface area contributed by atoms with Crippen LogP contribution in [0.3, 0.4) is 0 Å². The predicted molar refractivity (Wildman–Crippen MR) is 64.0 cm³/mol. The summed E-state index contributed by atoms with van der Waals surface area (Å²) in [6.45, 7) is 6.62. The Morgan fingerprint density at radius 3 is 2.67 bits per heavy atom. The molecule has 0 amide bonds. The average molecular weight is 204 g/mol. The number of benzene rings is 1. The quantitative estimate of drug-likeness (QED) is 0.764. The lowest BCUT2D eigenvalue weighted by molar-refractivity contribution is 0.261. The molecule has 0 aromatic heterocycles. The van der Waals surface area contributed by atoms with Gasteiger partial charge in [-0.05, 0) is 25.8 Å². The van der Waals surface area contributed by atoms with Crippen LogP contribution in [0.4, 0.5) is 0 Å². The first kappa shape index (κ1) is 10.7. The maximum absolute atomic E-state index is 3.68. The Hall–Kier alpha value is -0.860. The van der Waals surface area contributed by atoms with E-state index in [0.717, 1.165) is 19.5 Å². The minimum atomic E-state index is 0.220. The molecule has 2 heteroatoms. The Bertz CT molecular complexity index is 306. The minimum Gasteiger partial charge on any atom is -0.313 e. The number of piperazine rings is 1. The molecule has 0 saturated carbocycles. The maximum atomic E-state index is 3.68. The first-order valence-corrected chi connectivity index (χ1v) is 5.68. The lowest BCUT2D eigenvalue weighted by Crippen LogP contribution is -2.61. The van der Waals surface area contributed by atoms with Crippen LogP contribution in [0.2, 0.25) is 0 Å². The van der Waals surface area contributed by atoms with Gasteiger partial charge in [0.2, 0.25) is 0 Å². The van der Waals surface area contributed by atoms with Crippen molar-refractivity contribution in [3.63, 3.8) is 0 Å². The van der Waals surface area contributed by atoms with Crippen molar-refractivity contribution in [3.8, 4) is 0 Å². The summed E-state index contributed by atoms with van der Waals surface area (Å²) in [5, 5.41) is 7.16. The highest BCUT2D eigenvalue weighted by Gasteiger charge is 2.26. The topological polar surface area (TPSA) is 24.1 Å². The van der Waals surface area contributed by atoms with Crippen LogP contribution in [-0.2, 0) is 6.42 Å². The normalized spacial score (nSPS) is 25.1. The molecule has 2 N–H and O–H groups in total. The third kappa shape index (κ3) is 3.05. The summed E-state index contributed by atoms with van der Waals surface area (Å²) in [4.78, 5) is 0. The van der Waals surface area contributed by atoms with Gasteiger partial charge in [0.25, 0.3) is 0 Å². The van der Waals surface area contributed by atoms with Crippen molar-refractivity contribution in [1.82, 2.24) is 10.6 Å². The van der Waals surface area contributed by atoms with Crippen LogP contribution in [0, 0.1) is 0 Å². The molecular formula is C13H20N2. The number of rotatable bonds is 2. The van der Waals surface area contributed by atoms with Gasteiger partial charge in [0.15, 0.2) is 0 Å². The number of nitrogens with one attached hydrogen (secondary N) is 2. The minimum absolute atomic E-state index is 0.220. The zero-order valence-corrected chi connectivity index (χ0v) is 9.59. The Kier molecular flexibility index (Phi) is 3.08. The fraction of sp³-hybridized carbons (Fsp3) is 0.538. The molecule has 0 aliphatic carbocycles. The summed E-state index contributed by atoms with van der Waals surface area (Å²) in [7, 11) is 0. The van der Waals surface area contributed by atoms with Crippen LogP contribution in [0.25, 0.3) is 0 Å². The summed E-state index contributed by atoms with van der Waals surface area (Å²) >= 11 is 0. The molecule has 1 heterocycles. The molecule has 1 fully saturated rings. The molecular weight excluding hydrogens is 184 g/mol. The first-order chi connectivity index (χ1) is 7.16. The van der Waals surface area contributed by atoms with Gasteiger partial charge in [-0.2, -0.15) is 0 Å². The average Bonchev–Trinajstić information content (AvgIpc) is 2.17. The van der Waals surface area contributed by atoms with Crippen LogP contribution >= 0.6 is 0 Å². The van der Waals surface area contributed by atoms with E-state index in [1.807, 2.05) is 0 Å². The summed E-state index contributed by atoms with van der Waals surface area (Å²) in [5.74, 6) is 0. The molecule has 0 unspecified atom stereocenters. The fourth-order valence-electron chi connectivity index (χ4n) is 2.24. The van der Waals surface area contributed by atoms with Crippen molar-refractivity contribution in [3.05, 3.63) is 35.9 Å². The molecule has 0 spiro atoms. The van der Waals surface area contributed by atoms with Gasteiger partial charge in [-0.15, -0.1) is 0 Å². The van der Waals surface area contributed by atoms with Crippen molar-refractivity contribution in [2.75, 3.05) is 13.1 Å². The third-order valence-electron chi connectivity index (χ3n) is 2.88. The van der Waals surface area contributed by atoms with Crippen molar-refractivity contribution in [2.45, 2.75) is 31.8 Å². The van der Waals surface area contributed by atoms with Crippen molar-refractivity contribution >= 4 is 0 Å². The highest BCUT2D eigenvalue weighted by molar-refractivity contribution is 5.16. The van der Waals surface area contributed by atoms with Crippen LogP contribution < -0.4 is 10.6 Å². The number of hydrogen-bond acceptors (Lipinski definition) is 2. The van der Waals surface area contributed by atoms with Gasteiger partial charge in [0.1, 0.15) is 0 Å². The van der Waals surface area contributed by atoms with Gasteiger partial charge >= 0.3 is 0 Å². The zero-order valence-electron chi connectivity index (χ0n) is 9.59. The van der Waals surface area contributed by atoms with Crippen LogP contribution in [0.15, 0.2) is 30.3 Å². The van der Waals surface area contributed by atoms with Gasteiger partial charge in [0.05, 0.1) is 0 Å². The summed E-state index contributed by atoms with van der Waals surface area (Å²) in [6, 6.07) is 11.2. The molecule has 1 saturated heterocycles. The van der Waals surface area contributed by atoms with E-state index >= 15 is 0 Å². The molecule has 0 radical (unpaired) electrons. The Morgan fingerprint density at radius 1 is 1.27 bits per heavy atom. The molecule has 1 atom stereocenters. The largest absolute Gasteiger partial charge is 0.313 e. The smallest absolute Gasteiger partial charge is 0.0252 e. The molecule has 0 bridgehead atoms. The Balaban J connectivity index is 1.95. The fourth-order valence-corrected chi connectivity index (χ4v) is 2.24. The molecule has 2 rings (SSSR count). The summed E-state index contributed by atoms with van der Waals surface area (Å²) < 4.78 is 0. The molecule has 1 aliphatic heterocycles. The van der Waals surface area contributed by atoms with E-state index in [1.165, 1.54) is 5.56 Å². The zero-order chi connectivity index (χ0) is 10.7. The van der Waals surface area contributed by atoms with Gasteiger partial charge in [-0.3, -0.25) is 0 Å². The monoisotopic (exact) mass is 204 g/mol. The van der Waals surface area contributed by atoms with E-state index in [9.17, 15) is 0 Å². The van der Waals surface area contributed by atoms with Crippen molar-refractivity contribution in [1.29, 1.82) is 0 Å². The summed E-state index contributed by atoms with van der Waals surface area (Å²) in [6.07, 6.45) is 1.11. The van der Waals surface area contributed by atoms with E-state index in [2.05, 4.69) is 54.8 Å². The lowest BCUT2D eigenvalue weighted by Gasteiger charge is -2.37. The van der Waals surface area contributed by atoms with E-state index in [0.29, 0.717) is 6.04 Å². The van der Waals surface area contributed by atoms with Gasteiger partial charge in [0, 0.05) is 24.7 Å². The second kappa shape index (κ2) is 4.33. The summed E-state index contributed by atoms with van der Waals surface area (Å²) in [5.41, 5.74) is 1.63. The Morgan fingerprint density at radius 2 is 2.00 bits per heavy atom. The number of hydrogen-bond donors (Lipinski definition) is 2. The highest BCUT2D eigenvalue weighted by atomic mass is 15.1. The van der Waals surface area contributed by atoms with E-state index in [4.69, 9.17) is 0 Å². The van der Waals surface area contributed by atoms with Gasteiger partial charge < -0.3 is 10.6 Å². The van der Waals surface area contributed by atoms with Crippen LogP contribution in [0.1, 0.15) is 19.4 Å². The molecule has 82 valence electrons. The van der Waals surface area contributed by atoms with E-state index in [-0.39, 0.29) is 5.54 Å². The second-order valence-corrected chi connectivity index (χ2v) is 5.05. The third-order valence-corrected chi connectivity index (χ3v) is 2.88. The van der Waals surface area contributed by atoms with Gasteiger partial charge in [-0.25, -0.2) is 0 Å². The van der Waals surface area contributed by atoms with Crippen molar-refractivity contribution < 1.29 is 0 Å². The van der Waals surface area contributed by atoms with Gasteiger partial charge in [-0.1, -0.05) is 30.3 Å². The lowest BCUT2D eigenvalue weighted by atomic mass is 9.96. The van der Waals surface area contributed by atoms with E-state index < -0.39 is 0 Å². The SMILES string of the molecule is CC1(C)CNC[C@@H](Cc2ccccc2)N1. The van der Waals surface area contributed by atoms with Crippen LogP contribution in [-0.4, -0.2) is 24.7 Å². The maximum Gasteiger partial charge on any atom is 0.0252 e. The first-order valence-electron chi connectivity index (χ1n) is 5.68. The second-order valence-electron chi connectivity index (χ2n) is 5.05.